The Hall–Kier alpha value is -1.26. The molecule has 1 aliphatic rings. The molecule has 20 heavy (non-hydrogen) atoms. The van der Waals surface area contributed by atoms with E-state index in [-0.39, 0.29) is 5.91 Å². The average molecular weight is 316 g/mol. The lowest BCUT2D eigenvalue weighted by molar-refractivity contribution is -0.153. The lowest BCUT2D eigenvalue weighted by Gasteiger charge is -2.24. The van der Waals surface area contributed by atoms with Gasteiger partial charge in [-0.3, -0.25) is 9.59 Å². The molecule has 0 radical (unpaired) electrons. The van der Waals surface area contributed by atoms with Gasteiger partial charge in [0.2, 0.25) is 5.91 Å². The molecule has 6 heteroatoms. The minimum Gasteiger partial charge on any atom is -0.480 e. The molecule has 1 aromatic rings. The summed E-state index contributed by atoms with van der Waals surface area (Å²) < 4.78 is 0. The molecular formula is C14H15Cl2NO3. The Morgan fingerprint density at radius 1 is 1.30 bits per heavy atom. The maximum absolute atomic E-state index is 12.3. The number of rotatable bonds is 5. The topological polar surface area (TPSA) is 57.6 Å². The molecule has 0 atom stereocenters. The maximum atomic E-state index is 12.3. The van der Waals surface area contributed by atoms with E-state index < -0.39 is 11.4 Å². The zero-order chi connectivity index (χ0) is 14.9. The van der Waals surface area contributed by atoms with Crippen molar-refractivity contribution < 1.29 is 14.7 Å². The smallest absolute Gasteiger partial charge is 0.319 e. The van der Waals surface area contributed by atoms with E-state index >= 15 is 0 Å². The lowest BCUT2D eigenvalue weighted by atomic mass is 10.1. The van der Waals surface area contributed by atoms with E-state index in [2.05, 4.69) is 0 Å². The highest BCUT2D eigenvalue weighted by atomic mass is 35.5. The molecule has 2 rings (SSSR count). The van der Waals surface area contributed by atoms with Crippen LogP contribution in [0.15, 0.2) is 18.2 Å². The van der Waals surface area contributed by atoms with E-state index in [0.717, 1.165) is 5.56 Å². The van der Waals surface area contributed by atoms with Crippen molar-refractivity contribution in [3.63, 3.8) is 0 Å². The summed E-state index contributed by atoms with van der Waals surface area (Å²) in [5.41, 5.74) is -0.373. The van der Waals surface area contributed by atoms with Gasteiger partial charge in [0.25, 0.3) is 0 Å². The van der Waals surface area contributed by atoms with Crippen LogP contribution in [0.4, 0.5) is 0 Å². The van der Waals surface area contributed by atoms with Crippen molar-refractivity contribution in [2.24, 2.45) is 5.41 Å². The highest BCUT2D eigenvalue weighted by Gasteiger charge is 2.58. The Morgan fingerprint density at radius 2 is 1.95 bits per heavy atom. The van der Waals surface area contributed by atoms with Gasteiger partial charge in [0, 0.05) is 13.1 Å². The van der Waals surface area contributed by atoms with Crippen LogP contribution in [0.2, 0.25) is 10.0 Å². The molecule has 0 saturated heterocycles. The molecule has 1 fully saturated rings. The molecule has 108 valence electrons. The first-order valence-electron chi connectivity index (χ1n) is 6.37. The Balaban J connectivity index is 2.15. The minimum absolute atomic E-state index is 0.321. The predicted octanol–water partition coefficient (Wildman–Crippen LogP) is 3.21. The van der Waals surface area contributed by atoms with E-state index in [4.69, 9.17) is 23.2 Å². The Kier molecular flexibility index (Phi) is 4.25. The summed E-state index contributed by atoms with van der Waals surface area (Å²) in [6.07, 6.45) is 0.831. The molecule has 0 spiro atoms. The largest absolute Gasteiger partial charge is 0.480 e. The van der Waals surface area contributed by atoms with Gasteiger partial charge in [-0.1, -0.05) is 29.3 Å². The Labute approximate surface area is 127 Å². The standard InChI is InChI=1S/C14H15Cl2NO3/c1-2-17(12(18)14(5-6-14)13(19)20)8-9-3-4-10(15)11(16)7-9/h3-4,7H,2,5-6,8H2,1H3,(H,19,20). The normalized spacial score (nSPS) is 15.8. The van der Waals surface area contributed by atoms with Crippen LogP contribution in [0, 0.1) is 5.41 Å². The SMILES string of the molecule is CCN(Cc1ccc(Cl)c(Cl)c1)C(=O)C1(C(=O)O)CC1. The fraction of sp³-hybridized carbons (Fsp3) is 0.429. The third kappa shape index (κ3) is 2.76. The van der Waals surface area contributed by atoms with Crippen LogP contribution in [0.1, 0.15) is 25.3 Å². The van der Waals surface area contributed by atoms with Crippen LogP contribution in [-0.4, -0.2) is 28.4 Å². The zero-order valence-corrected chi connectivity index (χ0v) is 12.5. The van der Waals surface area contributed by atoms with Gasteiger partial charge < -0.3 is 10.0 Å². The number of benzene rings is 1. The van der Waals surface area contributed by atoms with Gasteiger partial charge >= 0.3 is 5.97 Å². The summed E-state index contributed by atoms with van der Waals surface area (Å²) in [7, 11) is 0. The number of aliphatic carboxylic acids is 1. The van der Waals surface area contributed by atoms with E-state index in [1.807, 2.05) is 6.92 Å². The molecule has 1 saturated carbocycles. The molecule has 1 aliphatic carbocycles. The van der Waals surface area contributed by atoms with Crippen molar-refractivity contribution in [1.29, 1.82) is 0 Å². The van der Waals surface area contributed by atoms with Crippen LogP contribution >= 0.6 is 23.2 Å². The number of amides is 1. The number of nitrogens with zero attached hydrogens (tertiary/aromatic N) is 1. The third-order valence-corrected chi connectivity index (χ3v) is 4.33. The summed E-state index contributed by atoms with van der Waals surface area (Å²) in [5, 5.41) is 10.1. The van der Waals surface area contributed by atoms with E-state index in [0.29, 0.717) is 36.0 Å². The highest BCUT2D eigenvalue weighted by molar-refractivity contribution is 6.42. The summed E-state index contributed by atoms with van der Waals surface area (Å²) in [5.74, 6) is -1.35. The summed E-state index contributed by atoms with van der Waals surface area (Å²) >= 11 is 11.8. The quantitative estimate of drug-likeness (QED) is 0.849. The van der Waals surface area contributed by atoms with Gasteiger partial charge in [0.1, 0.15) is 5.41 Å². The predicted molar refractivity (Wildman–Crippen MR) is 76.9 cm³/mol. The van der Waals surface area contributed by atoms with Gasteiger partial charge in [0.05, 0.1) is 10.0 Å². The van der Waals surface area contributed by atoms with Crippen molar-refractivity contribution in [3.05, 3.63) is 33.8 Å². The van der Waals surface area contributed by atoms with Crippen molar-refractivity contribution in [3.8, 4) is 0 Å². The van der Waals surface area contributed by atoms with Crippen LogP contribution in [0.3, 0.4) is 0 Å². The maximum Gasteiger partial charge on any atom is 0.319 e. The van der Waals surface area contributed by atoms with E-state index in [9.17, 15) is 14.7 Å². The fourth-order valence-electron chi connectivity index (χ4n) is 2.13. The molecule has 0 bridgehead atoms. The van der Waals surface area contributed by atoms with Gasteiger partial charge in [-0.2, -0.15) is 0 Å². The van der Waals surface area contributed by atoms with E-state index in [1.54, 1.807) is 23.1 Å². The van der Waals surface area contributed by atoms with Crippen molar-refractivity contribution in [2.75, 3.05) is 6.54 Å². The Morgan fingerprint density at radius 3 is 2.40 bits per heavy atom. The molecule has 1 aromatic carbocycles. The van der Waals surface area contributed by atoms with Crippen molar-refractivity contribution in [1.82, 2.24) is 4.90 Å². The van der Waals surface area contributed by atoms with Crippen molar-refractivity contribution >= 4 is 35.1 Å². The number of carbonyl (C=O) groups is 2. The van der Waals surface area contributed by atoms with Crippen LogP contribution in [0.5, 0.6) is 0 Å². The first kappa shape index (κ1) is 15.1. The summed E-state index contributed by atoms with van der Waals surface area (Å²) in [6, 6.07) is 5.15. The first-order valence-corrected chi connectivity index (χ1v) is 7.13. The zero-order valence-electron chi connectivity index (χ0n) is 11.0. The molecule has 1 N–H and O–H groups in total. The van der Waals surface area contributed by atoms with Gasteiger partial charge in [-0.05, 0) is 37.5 Å². The van der Waals surface area contributed by atoms with E-state index in [1.165, 1.54) is 0 Å². The van der Waals surface area contributed by atoms with Gasteiger partial charge in [-0.15, -0.1) is 0 Å². The minimum atomic E-state index is -1.20. The van der Waals surface area contributed by atoms with Crippen molar-refractivity contribution in [2.45, 2.75) is 26.3 Å². The second kappa shape index (κ2) is 5.62. The van der Waals surface area contributed by atoms with Crippen LogP contribution in [-0.2, 0) is 16.1 Å². The number of carboxylic acids is 1. The average Bonchev–Trinajstić information content (AvgIpc) is 3.20. The second-order valence-electron chi connectivity index (χ2n) is 4.96. The van der Waals surface area contributed by atoms with Gasteiger partial charge in [0.15, 0.2) is 0 Å². The lowest BCUT2D eigenvalue weighted by Crippen LogP contribution is -2.40. The number of hydrogen-bond donors (Lipinski definition) is 1. The number of carboxylic acid groups (broad SMARTS) is 1. The van der Waals surface area contributed by atoms with Gasteiger partial charge in [-0.25, -0.2) is 0 Å². The second-order valence-corrected chi connectivity index (χ2v) is 5.77. The molecule has 0 aromatic heterocycles. The molecule has 0 aliphatic heterocycles. The monoisotopic (exact) mass is 315 g/mol. The molecule has 1 amide bonds. The molecule has 4 nitrogen and oxygen atoms in total. The molecular weight excluding hydrogens is 301 g/mol. The molecule has 0 unspecified atom stereocenters. The number of halogens is 2. The summed E-state index contributed by atoms with van der Waals surface area (Å²) in [6.45, 7) is 2.61. The Bertz CT molecular complexity index is 555. The fourth-order valence-corrected chi connectivity index (χ4v) is 2.45. The highest BCUT2D eigenvalue weighted by Crippen LogP contribution is 2.47. The number of hydrogen-bond acceptors (Lipinski definition) is 2. The summed E-state index contributed by atoms with van der Waals surface area (Å²) in [4.78, 5) is 25.1. The molecule has 0 heterocycles. The van der Waals surface area contributed by atoms with Crippen LogP contribution < -0.4 is 0 Å². The number of carbonyl (C=O) groups excluding carboxylic acids is 1. The first-order chi connectivity index (χ1) is 9.40. The third-order valence-electron chi connectivity index (χ3n) is 3.60. The van der Waals surface area contributed by atoms with Crippen LogP contribution in [0.25, 0.3) is 0 Å².